The van der Waals surface area contributed by atoms with E-state index in [2.05, 4.69) is 10.3 Å². The molecule has 3 rings (SSSR count). The molecule has 8 heteroatoms. The van der Waals surface area contributed by atoms with E-state index in [9.17, 15) is 23.1 Å². The van der Waals surface area contributed by atoms with Gasteiger partial charge in [0.05, 0.1) is 5.52 Å². The highest BCUT2D eigenvalue weighted by atomic mass is 19.1. The van der Waals surface area contributed by atoms with Crippen molar-refractivity contribution in [3.05, 3.63) is 23.5 Å². The maximum absolute atomic E-state index is 14.7. The zero-order chi connectivity index (χ0) is 20.7. The number of imidazole rings is 1. The number of halogens is 3. The summed E-state index contributed by atoms with van der Waals surface area (Å²) in [6.07, 6.45) is 2.91. The number of nitrogens with zero attached hydrogens (tertiary/aromatic N) is 2. The molecule has 0 atom stereocenters. The fourth-order valence-electron chi connectivity index (χ4n) is 3.36. The summed E-state index contributed by atoms with van der Waals surface area (Å²) >= 11 is 0. The van der Waals surface area contributed by atoms with Gasteiger partial charge in [-0.2, -0.15) is 0 Å². The summed E-state index contributed by atoms with van der Waals surface area (Å²) in [6, 6.07) is 2.27. The molecule has 1 aromatic carbocycles. The number of alkyl halides is 2. The van der Waals surface area contributed by atoms with Gasteiger partial charge < -0.3 is 9.67 Å². The number of carbonyl (C=O) groups is 1. The van der Waals surface area contributed by atoms with Crippen LogP contribution in [0.1, 0.15) is 58.1 Å². The van der Waals surface area contributed by atoms with Gasteiger partial charge in [-0.15, -0.1) is 0 Å². The number of amides is 1. The molecule has 2 N–H and O–H groups in total. The Morgan fingerprint density at radius 2 is 1.93 bits per heavy atom. The molecule has 2 aromatic rings. The second-order valence-electron chi connectivity index (χ2n) is 8.80. The molecule has 28 heavy (non-hydrogen) atoms. The Bertz CT molecular complexity index is 881. The van der Waals surface area contributed by atoms with Crippen molar-refractivity contribution in [1.29, 1.82) is 0 Å². The van der Waals surface area contributed by atoms with Crippen LogP contribution in [-0.2, 0) is 10.4 Å². The van der Waals surface area contributed by atoms with E-state index in [1.807, 2.05) is 20.8 Å². The van der Waals surface area contributed by atoms with Gasteiger partial charge in [0, 0.05) is 12.5 Å². The van der Waals surface area contributed by atoms with Crippen LogP contribution in [0.25, 0.3) is 11.0 Å². The molecular weight excluding hydrogens is 371 g/mol. The normalized spacial score (nSPS) is 15.7. The van der Waals surface area contributed by atoms with E-state index >= 15 is 0 Å². The minimum absolute atomic E-state index is 0.00164. The number of fused-ring (bicyclic) bond motifs is 1. The van der Waals surface area contributed by atoms with E-state index in [1.54, 1.807) is 4.57 Å². The van der Waals surface area contributed by atoms with Gasteiger partial charge in [-0.3, -0.25) is 10.1 Å². The number of nitrogens with one attached hydrogen (secondary N) is 1. The predicted octanol–water partition coefficient (Wildman–Crippen LogP) is 4.40. The van der Waals surface area contributed by atoms with Crippen molar-refractivity contribution < 1.29 is 23.1 Å². The van der Waals surface area contributed by atoms with Crippen LogP contribution in [0.2, 0.25) is 0 Å². The standard InChI is InChI=1S/C20H26F3N3O2/c1-19(2,3)9-16(27)24-18-25-17-14(23)7-12(20(28,10-21)11-22)8-15(17)26(18)13-5-4-6-13/h7-8,13,28H,4-6,9-11H2,1-3H3,(H,24,25,27). The molecule has 0 unspecified atom stereocenters. The second-order valence-corrected chi connectivity index (χ2v) is 8.80. The third-order valence-corrected chi connectivity index (χ3v) is 5.11. The molecule has 0 spiro atoms. The molecule has 5 nitrogen and oxygen atoms in total. The van der Waals surface area contributed by atoms with Gasteiger partial charge in [0.25, 0.3) is 0 Å². The molecule has 1 aliphatic rings. The van der Waals surface area contributed by atoms with E-state index in [4.69, 9.17) is 0 Å². The SMILES string of the molecule is CC(C)(C)CC(=O)Nc1nc2c(F)cc(C(O)(CF)CF)cc2n1C1CCC1. The topological polar surface area (TPSA) is 67.2 Å². The molecule has 0 radical (unpaired) electrons. The van der Waals surface area contributed by atoms with Gasteiger partial charge in [0.1, 0.15) is 24.5 Å². The average molecular weight is 397 g/mol. The largest absolute Gasteiger partial charge is 0.380 e. The maximum atomic E-state index is 14.7. The van der Waals surface area contributed by atoms with Crippen molar-refractivity contribution >= 4 is 22.9 Å². The molecule has 1 aromatic heterocycles. The third kappa shape index (κ3) is 3.87. The van der Waals surface area contributed by atoms with Crippen LogP contribution in [0.3, 0.4) is 0 Å². The molecule has 0 aliphatic heterocycles. The van der Waals surface area contributed by atoms with E-state index < -0.39 is 24.8 Å². The lowest BCUT2D eigenvalue weighted by Gasteiger charge is -2.29. The lowest BCUT2D eigenvalue weighted by Crippen LogP contribution is -2.31. The zero-order valence-electron chi connectivity index (χ0n) is 16.4. The van der Waals surface area contributed by atoms with Crippen LogP contribution in [0.5, 0.6) is 0 Å². The highest BCUT2D eigenvalue weighted by Crippen LogP contribution is 2.39. The molecule has 1 saturated carbocycles. The van der Waals surface area contributed by atoms with E-state index in [-0.39, 0.29) is 40.8 Å². The van der Waals surface area contributed by atoms with Crippen LogP contribution in [0, 0.1) is 11.2 Å². The number of anilines is 1. The Hall–Kier alpha value is -2.09. The molecule has 1 heterocycles. The predicted molar refractivity (Wildman–Crippen MR) is 101 cm³/mol. The number of carbonyl (C=O) groups excluding carboxylic acids is 1. The van der Waals surface area contributed by atoms with E-state index in [0.717, 1.165) is 25.3 Å². The first-order valence-electron chi connectivity index (χ1n) is 9.44. The van der Waals surface area contributed by atoms with Crippen LogP contribution in [0.4, 0.5) is 19.1 Å². The number of benzene rings is 1. The van der Waals surface area contributed by atoms with Gasteiger partial charge in [-0.05, 0) is 42.4 Å². The number of hydrogen-bond donors (Lipinski definition) is 2. The Kier molecular flexibility index (Phi) is 5.44. The highest BCUT2D eigenvalue weighted by molar-refractivity contribution is 5.92. The van der Waals surface area contributed by atoms with Crippen molar-refractivity contribution in [3.8, 4) is 0 Å². The Morgan fingerprint density at radius 1 is 1.29 bits per heavy atom. The van der Waals surface area contributed by atoms with Crippen molar-refractivity contribution in [1.82, 2.24) is 9.55 Å². The average Bonchev–Trinajstić information content (AvgIpc) is 2.89. The van der Waals surface area contributed by atoms with Gasteiger partial charge >= 0.3 is 0 Å². The lowest BCUT2D eigenvalue weighted by atomic mass is 9.91. The highest BCUT2D eigenvalue weighted by Gasteiger charge is 2.33. The first-order chi connectivity index (χ1) is 13.1. The van der Waals surface area contributed by atoms with Crippen molar-refractivity contribution in [2.45, 2.75) is 58.1 Å². The second kappa shape index (κ2) is 7.39. The quantitative estimate of drug-likeness (QED) is 0.759. The smallest absolute Gasteiger partial charge is 0.227 e. The van der Waals surface area contributed by atoms with Crippen LogP contribution >= 0.6 is 0 Å². The first kappa shape index (κ1) is 20.6. The number of hydrogen-bond acceptors (Lipinski definition) is 3. The van der Waals surface area contributed by atoms with Gasteiger partial charge in [-0.25, -0.2) is 18.2 Å². The summed E-state index contributed by atoms with van der Waals surface area (Å²) in [5.74, 6) is -0.820. The number of aliphatic hydroxyl groups is 1. The number of rotatable bonds is 6. The van der Waals surface area contributed by atoms with Crippen LogP contribution < -0.4 is 5.32 Å². The molecule has 0 saturated heterocycles. The summed E-state index contributed by atoms with van der Waals surface area (Å²) in [5.41, 5.74) is -2.50. The monoisotopic (exact) mass is 397 g/mol. The Balaban J connectivity index is 2.10. The number of aromatic nitrogens is 2. The first-order valence-corrected chi connectivity index (χ1v) is 9.44. The molecule has 1 amide bonds. The minimum atomic E-state index is -2.40. The van der Waals surface area contributed by atoms with Gasteiger partial charge in [0.2, 0.25) is 11.9 Å². The fraction of sp³-hybridized carbons (Fsp3) is 0.600. The summed E-state index contributed by atoms with van der Waals surface area (Å²) in [4.78, 5) is 16.6. The summed E-state index contributed by atoms with van der Waals surface area (Å²) in [6.45, 7) is 3.05. The molecule has 0 bridgehead atoms. The lowest BCUT2D eigenvalue weighted by molar-refractivity contribution is -0.117. The van der Waals surface area contributed by atoms with Crippen molar-refractivity contribution in [2.75, 3.05) is 18.7 Å². The fourth-order valence-corrected chi connectivity index (χ4v) is 3.36. The van der Waals surface area contributed by atoms with E-state index in [1.165, 1.54) is 6.07 Å². The molecule has 154 valence electrons. The molecular formula is C20H26F3N3O2. The Morgan fingerprint density at radius 3 is 2.43 bits per heavy atom. The van der Waals surface area contributed by atoms with Crippen molar-refractivity contribution in [2.24, 2.45) is 5.41 Å². The van der Waals surface area contributed by atoms with Crippen LogP contribution in [-0.4, -0.2) is 33.9 Å². The summed E-state index contributed by atoms with van der Waals surface area (Å²) in [5, 5.41) is 12.9. The maximum Gasteiger partial charge on any atom is 0.227 e. The van der Waals surface area contributed by atoms with Gasteiger partial charge in [0.15, 0.2) is 5.82 Å². The zero-order valence-corrected chi connectivity index (χ0v) is 16.4. The molecule has 1 fully saturated rings. The van der Waals surface area contributed by atoms with E-state index in [0.29, 0.717) is 5.52 Å². The minimum Gasteiger partial charge on any atom is -0.380 e. The molecule has 1 aliphatic carbocycles. The third-order valence-electron chi connectivity index (χ3n) is 5.11. The van der Waals surface area contributed by atoms with Crippen LogP contribution in [0.15, 0.2) is 12.1 Å². The Labute approximate surface area is 161 Å². The summed E-state index contributed by atoms with van der Waals surface area (Å²) < 4.78 is 42.9. The summed E-state index contributed by atoms with van der Waals surface area (Å²) in [7, 11) is 0. The van der Waals surface area contributed by atoms with Crippen molar-refractivity contribution in [3.63, 3.8) is 0 Å². The van der Waals surface area contributed by atoms with Gasteiger partial charge in [-0.1, -0.05) is 20.8 Å².